The fraction of sp³-hybridized carbons (Fsp3) is 0.267. The molecule has 1 N–H and O–H groups in total. The molecule has 0 saturated heterocycles. The third-order valence-electron chi connectivity index (χ3n) is 2.48. The van der Waals surface area contributed by atoms with E-state index in [-0.39, 0.29) is 17.1 Å². The molecular formula is C15H18O3. The number of methoxy groups -OCH3 is 1. The second-order valence-electron chi connectivity index (χ2n) is 3.80. The maximum absolute atomic E-state index is 11.8. The molecule has 0 unspecified atom stereocenters. The molecule has 1 aromatic rings. The minimum absolute atomic E-state index is 0.0579. The van der Waals surface area contributed by atoms with Gasteiger partial charge in [-0.05, 0) is 38.0 Å². The van der Waals surface area contributed by atoms with Crippen molar-refractivity contribution in [2.45, 2.75) is 19.8 Å². The van der Waals surface area contributed by atoms with Crippen LogP contribution in [0.5, 0.6) is 11.5 Å². The highest BCUT2D eigenvalue weighted by Crippen LogP contribution is 2.23. The number of allylic oxidation sites excluding steroid dienone is 4. The molecule has 0 aromatic heterocycles. The molecule has 3 nitrogen and oxygen atoms in total. The van der Waals surface area contributed by atoms with Gasteiger partial charge in [-0.1, -0.05) is 18.2 Å². The lowest BCUT2D eigenvalue weighted by atomic mass is 10.1. The molecule has 0 aliphatic rings. The quantitative estimate of drug-likeness (QED) is 0.361. The Hall–Kier alpha value is -2.03. The first kappa shape index (κ1) is 14.0. The van der Waals surface area contributed by atoms with Gasteiger partial charge in [0.2, 0.25) is 0 Å². The topological polar surface area (TPSA) is 46.5 Å². The van der Waals surface area contributed by atoms with E-state index in [4.69, 9.17) is 4.74 Å². The van der Waals surface area contributed by atoms with Crippen LogP contribution in [-0.4, -0.2) is 18.0 Å². The second kappa shape index (κ2) is 7.33. The summed E-state index contributed by atoms with van der Waals surface area (Å²) < 4.78 is 4.96. The zero-order valence-corrected chi connectivity index (χ0v) is 10.7. The lowest BCUT2D eigenvalue weighted by Gasteiger charge is -2.03. The van der Waals surface area contributed by atoms with Crippen LogP contribution in [0.4, 0.5) is 0 Å². The van der Waals surface area contributed by atoms with E-state index in [9.17, 15) is 9.90 Å². The number of ether oxygens (including phenoxy) is 1. The number of hydrogen-bond acceptors (Lipinski definition) is 3. The molecular weight excluding hydrogens is 228 g/mol. The van der Waals surface area contributed by atoms with Crippen molar-refractivity contribution < 1.29 is 14.6 Å². The van der Waals surface area contributed by atoms with Gasteiger partial charge in [0, 0.05) is 6.07 Å². The lowest BCUT2D eigenvalue weighted by molar-refractivity contribution is 0.104. The predicted molar refractivity (Wildman–Crippen MR) is 72.2 cm³/mol. The minimum Gasteiger partial charge on any atom is -0.507 e. The molecule has 0 heterocycles. The Labute approximate surface area is 107 Å². The van der Waals surface area contributed by atoms with Crippen molar-refractivity contribution in [3.05, 3.63) is 48.1 Å². The Kier molecular flexibility index (Phi) is 5.71. The molecule has 0 bridgehead atoms. The molecule has 1 aromatic carbocycles. The molecule has 18 heavy (non-hydrogen) atoms. The van der Waals surface area contributed by atoms with Gasteiger partial charge in [-0.15, -0.1) is 0 Å². The van der Waals surface area contributed by atoms with Gasteiger partial charge in [-0.25, -0.2) is 0 Å². The Morgan fingerprint density at radius 3 is 2.67 bits per heavy atom. The van der Waals surface area contributed by atoms with Crippen LogP contribution in [-0.2, 0) is 0 Å². The van der Waals surface area contributed by atoms with Crippen LogP contribution in [0.25, 0.3) is 0 Å². The summed E-state index contributed by atoms with van der Waals surface area (Å²) in [6.07, 6.45) is 9.05. The van der Waals surface area contributed by atoms with Crippen molar-refractivity contribution in [3.8, 4) is 11.5 Å². The summed E-state index contributed by atoms with van der Waals surface area (Å²) >= 11 is 0. The largest absolute Gasteiger partial charge is 0.507 e. The van der Waals surface area contributed by atoms with Gasteiger partial charge < -0.3 is 9.84 Å². The molecule has 0 saturated carbocycles. The first-order chi connectivity index (χ1) is 8.69. The zero-order valence-electron chi connectivity index (χ0n) is 10.7. The van der Waals surface area contributed by atoms with Crippen LogP contribution in [0.2, 0.25) is 0 Å². The molecule has 3 heteroatoms. The second-order valence-corrected chi connectivity index (χ2v) is 3.80. The summed E-state index contributed by atoms with van der Waals surface area (Å²) in [5.74, 6) is 0.272. The van der Waals surface area contributed by atoms with Gasteiger partial charge >= 0.3 is 0 Å². The van der Waals surface area contributed by atoms with Crippen molar-refractivity contribution in [1.29, 1.82) is 0 Å². The fourth-order valence-corrected chi connectivity index (χ4v) is 1.49. The average Bonchev–Trinajstić information content (AvgIpc) is 2.38. The molecule has 0 aliphatic heterocycles. The summed E-state index contributed by atoms with van der Waals surface area (Å²) in [7, 11) is 1.51. The third-order valence-corrected chi connectivity index (χ3v) is 2.48. The van der Waals surface area contributed by atoms with Crippen LogP contribution in [0.3, 0.4) is 0 Å². The molecule has 0 amide bonds. The Morgan fingerprint density at radius 2 is 2.06 bits per heavy atom. The van der Waals surface area contributed by atoms with E-state index in [1.54, 1.807) is 12.1 Å². The highest BCUT2D eigenvalue weighted by atomic mass is 16.5. The highest BCUT2D eigenvalue weighted by molar-refractivity contribution is 6.06. The Morgan fingerprint density at radius 1 is 1.33 bits per heavy atom. The average molecular weight is 246 g/mol. The van der Waals surface area contributed by atoms with E-state index in [1.807, 2.05) is 25.2 Å². The third kappa shape index (κ3) is 4.09. The van der Waals surface area contributed by atoms with Crippen molar-refractivity contribution >= 4 is 5.78 Å². The van der Waals surface area contributed by atoms with Crippen LogP contribution < -0.4 is 4.74 Å². The van der Waals surface area contributed by atoms with E-state index < -0.39 is 0 Å². The van der Waals surface area contributed by atoms with Crippen molar-refractivity contribution in [1.82, 2.24) is 0 Å². The normalized spacial score (nSPS) is 11.2. The van der Waals surface area contributed by atoms with Crippen LogP contribution in [0.15, 0.2) is 42.5 Å². The Bertz CT molecular complexity index is 459. The smallest absolute Gasteiger partial charge is 0.189 e. The number of phenols is 1. The summed E-state index contributed by atoms with van der Waals surface area (Å²) in [5.41, 5.74) is 0.290. The van der Waals surface area contributed by atoms with Gasteiger partial charge in [0.15, 0.2) is 5.78 Å². The van der Waals surface area contributed by atoms with Crippen LogP contribution in [0.1, 0.15) is 30.1 Å². The summed E-state index contributed by atoms with van der Waals surface area (Å²) in [6, 6.07) is 4.65. The van der Waals surface area contributed by atoms with E-state index in [0.29, 0.717) is 5.75 Å². The standard InChI is InChI=1S/C15H18O3/c1-3-4-5-6-7-8-14(16)13-10-9-12(18-2)11-15(13)17/h3-4,7-11,17H,5-6H2,1-2H3/b4-3-,8-7+. The highest BCUT2D eigenvalue weighted by Gasteiger charge is 2.08. The van der Waals surface area contributed by atoms with Crippen LogP contribution >= 0.6 is 0 Å². The van der Waals surface area contributed by atoms with Crippen molar-refractivity contribution in [2.24, 2.45) is 0 Å². The number of unbranched alkanes of at least 4 members (excludes halogenated alkanes) is 1. The molecule has 1 rings (SSSR count). The van der Waals surface area contributed by atoms with Gasteiger partial charge in [0.1, 0.15) is 11.5 Å². The summed E-state index contributed by atoms with van der Waals surface area (Å²) in [4.78, 5) is 11.8. The van der Waals surface area contributed by atoms with E-state index in [1.165, 1.54) is 19.3 Å². The number of ketones is 1. The van der Waals surface area contributed by atoms with E-state index in [0.717, 1.165) is 12.8 Å². The number of carbonyl (C=O) groups is 1. The fourth-order valence-electron chi connectivity index (χ4n) is 1.49. The number of hydrogen-bond donors (Lipinski definition) is 1. The number of aromatic hydroxyl groups is 1. The van der Waals surface area contributed by atoms with E-state index in [2.05, 4.69) is 0 Å². The first-order valence-corrected chi connectivity index (χ1v) is 5.88. The van der Waals surface area contributed by atoms with Gasteiger partial charge in [0.05, 0.1) is 12.7 Å². The van der Waals surface area contributed by atoms with Crippen molar-refractivity contribution in [3.63, 3.8) is 0 Å². The van der Waals surface area contributed by atoms with E-state index >= 15 is 0 Å². The zero-order chi connectivity index (χ0) is 13.4. The molecule has 96 valence electrons. The maximum Gasteiger partial charge on any atom is 0.189 e. The first-order valence-electron chi connectivity index (χ1n) is 5.88. The lowest BCUT2D eigenvalue weighted by Crippen LogP contribution is -1.95. The van der Waals surface area contributed by atoms with Gasteiger partial charge in [0.25, 0.3) is 0 Å². The Balaban J connectivity index is 2.66. The number of phenolic OH excluding ortho intramolecular Hbond substituents is 1. The predicted octanol–water partition coefficient (Wildman–Crippen LogP) is 3.50. The van der Waals surface area contributed by atoms with Crippen LogP contribution in [0, 0.1) is 0 Å². The molecule has 0 atom stereocenters. The van der Waals surface area contributed by atoms with Crippen molar-refractivity contribution in [2.75, 3.05) is 7.11 Å². The minimum atomic E-state index is -0.198. The summed E-state index contributed by atoms with van der Waals surface area (Å²) in [6.45, 7) is 1.96. The monoisotopic (exact) mass is 246 g/mol. The maximum atomic E-state index is 11.8. The summed E-state index contributed by atoms with van der Waals surface area (Å²) in [5, 5.41) is 9.69. The number of benzene rings is 1. The molecule has 0 radical (unpaired) electrons. The molecule has 0 spiro atoms. The molecule has 0 fully saturated rings. The molecule has 0 aliphatic carbocycles. The van der Waals surface area contributed by atoms with Gasteiger partial charge in [-0.3, -0.25) is 4.79 Å². The number of rotatable bonds is 6. The van der Waals surface area contributed by atoms with Gasteiger partial charge in [-0.2, -0.15) is 0 Å². The SMILES string of the molecule is C/C=C\CC/C=C/C(=O)c1ccc(OC)cc1O. The number of carbonyl (C=O) groups excluding carboxylic acids is 1.